The third kappa shape index (κ3) is 3.15. The Morgan fingerprint density at radius 2 is 1.58 bits per heavy atom. The Kier molecular flexibility index (Phi) is 4.94. The van der Waals surface area contributed by atoms with Gasteiger partial charge in [-0.3, -0.25) is 9.78 Å². The van der Waals surface area contributed by atoms with Gasteiger partial charge in [-0.05, 0) is 45.4 Å². The normalized spacial score (nSPS) is 11.3. The molecule has 0 fully saturated rings. The van der Waals surface area contributed by atoms with Gasteiger partial charge in [-0.2, -0.15) is 0 Å². The number of rotatable bonds is 4. The van der Waals surface area contributed by atoms with Gasteiger partial charge in [-0.25, -0.2) is 0 Å². The van der Waals surface area contributed by atoms with Gasteiger partial charge >= 0.3 is 0 Å². The molecule has 1 heterocycles. The van der Waals surface area contributed by atoms with Gasteiger partial charge < -0.3 is 10.6 Å². The van der Waals surface area contributed by atoms with Gasteiger partial charge in [0, 0.05) is 40.5 Å². The molecule has 26 heavy (non-hydrogen) atoms. The minimum absolute atomic E-state index is 0.0338. The molecule has 4 heteroatoms. The molecule has 0 aliphatic heterocycles. The van der Waals surface area contributed by atoms with E-state index in [-0.39, 0.29) is 18.0 Å². The maximum Gasteiger partial charge on any atom is 0.254 e. The Morgan fingerprint density at radius 1 is 0.923 bits per heavy atom. The van der Waals surface area contributed by atoms with E-state index in [2.05, 4.69) is 4.98 Å². The molecule has 0 spiro atoms. The molecule has 1 amide bonds. The lowest BCUT2D eigenvalue weighted by atomic mass is 9.95. The maximum atomic E-state index is 13.3. The molecule has 134 valence electrons. The number of carbonyl (C=O) groups is 1. The number of para-hydroxylation sites is 1. The molecule has 0 bridgehead atoms. The molecule has 0 radical (unpaired) electrons. The SMILES string of the molecule is CC(C)N(C(=O)c1ccccc1-c1cccc2c(N)ccnc12)C(C)C. The zero-order chi connectivity index (χ0) is 18.8. The number of carbonyl (C=O) groups excluding carboxylic acids is 1. The van der Waals surface area contributed by atoms with Gasteiger partial charge in [0.2, 0.25) is 0 Å². The number of hydrogen-bond acceptors (Lipinski definition) is 3. The van der Waals surface area contributed by atoms with Crippen LogP contribution in [0.3, 0.4) is 0 Å². The fourth-order valence-corrected chi connectivity index (χ4v) is 3.52. The summed E-state index contributed by atoms with van der Waals surface area (Å²) in [6.45, 7) is 8.17. The van der Waals surface area contributed by atoms with Gasteiger partial charge in [0.15, 0.2) is 0 Å². The summed E-state index contributed by atoms with van der Waals surface area (Å²) >= 11 is 0. The van der Waals surface area contributed by atoms with E-state index < -0.39 is 0 Å². The van der Waals surface area contributed by atoms with Crippen LogP contribution < -0.4 is 5.73 Å². The van der Waals surface area contributed by atoms with Gasteiger partial charge in [-0.15, -0.1) is 0 Å². The lowest BCUT2D eigenvalue weighted by Crippen LogP contribution is -2.42. The summed E-state index contributed by atoms with van der Waals surface area (Å²) in [5.41, 5.74) is 10.1. The standard InChI is InChI=1S/C22H25N3O/c1-14(2)25(15(3)4)22(26)18-9-6-5-8-16(18)17-10-7-11-19-20(23)12-13-24-21(17)19/h5-15H,1-4H3,(H2,23,24). The van der Waals surface area contributed by atoms with Crippen molar-refractivity contribution in [3.63, 3.8) is 0 Å². The van der Waals surface area contributed by atoms with Crippen LogP contribution >= 0.6 is 0 Å². The van der Waals surface area contributed by atoms with Crippen molar-refractivity contribution in [3.05, 3.63) is 60.3 Å². The third-order valence-corrected chi connectivity index (χ3v) is 4.60. The zero-order valence-corrected chi connectivity index (χ0v) is 15.7. The molecule has 0 atom stereocenters. The van der Waals surface area contributed by atoms with Crippen molar-refractivity contribution in [2.75, 3.05) is 5.73 Å². The Labute approximate surface area is 154 Å². The highest BCUT2D eigenvalue weighted by Gasteiger charge is 2.24. The molecule has 0 saturated heterocycles. The molecular weight excluding hydrogens is 322 g/mol. The van der Waals surface area contributed by atoms with Crippen LogP contribution in [-0.4, -0.2) is 27.9 Å². The van der Waals surface area contributed by atoms with Crippen molar-refractivity contribution in [1.82, 2.24) is 9.88 Å². The smallest absolute Gasteiger partial charge is 0.254 e. The Hall–Kier alpha value is -2.88. The Morgan fingerprint density at radius 3 is 2.27 bits per heavy atom. The molecule has 0 unspecified atom stereocenters. The first-order chi connectivity index (χ1) is 12.4. The van der Waals surface area contributed by atoms with E-state index in [0.717, 1.165) is 22.0 Å². The van der Waals surface area contributed by atoms with Gasteiger partial charge in [-0.1, -0.05) is 36.4 Å². The average molecular weight is 347 g/mol. The summed E-state index contributed by atoms with van der Waals surface area (Å²) in [5.74, 6) is 0.0338. The number of nitrogen functional groups attached to an aromatic ring is 1. The van der Waals surface area contributed by atoms with Crippen molar-refractivity contribution in [1.29, 1.82) is 0 Å². The van der Waals surface area contributed by atoms with Crippen LogP contribution in [0.5, 0.6) is 0 Å². The van der Waals surface area contributed by atoms with E-state index in [1.54, 1.807) is 12.3 Å². The maximum absolute atomic E-state index is 13.3. The lowest BCUT2D eigenvalue weighted by Gasteiger charge is -2.31. The van der Waals surface area contributed by atoms with Crippen LogP contribution in [0.4, 0.5) is 5.69 Å². The number of amides is 1. The van der Waals surface area contributed by atoms with Crippen LogP contribution in [0, 0.1) is 0 Å². The van der Waals surface area contributed by atoms with E-state index >= 15 is 0 Å². The molecule has 4 nitrogen and oxygen atoms in total. The number of nitrogens with zero attached hydrogens (tertiary/aromatic N) is 2. The minimum Gasteiger partial charge on any atom is -0.398 e. The predicted octanol–water partition coefficient (Wildman–Crippen LogP) is 4.74. The van der Waals surface area contributed by atoms with Crippen molar-refractivity contribution in [3.8, 4) is 11.1 Å². The van der Waals surface area contributed by atoms with Crippen molar-refractivity contribution in [2.24, 2.45) is 0 Å². The molecule has 0 aliphatic rings. The number of fused-ring (bicyclic) bond motifs is 1. The number of hydrogen-bond donors (Lipinski definition) is 1. The van der Waals surface area contributed by atoms with Crippen LogP contribution in [0.25, 0.3) is 22.0 Å². The first kappa shape index (κ1) is 17.9. The summed E-state index contributed by atoms with van der Waals surface area (Å²) in [6.07, 6.45) is 1.71. The van der Waals surface area contributed by atoms with E-state index in [4.69, 9.17) is 5.73 Å². The summed E-state index contributed by atoms with van der Waals surface area (Å²) in [6, 6.07) is 15.7. The second-order valence-electron chi connectivity index (χ2n) is 7.05. The molecule has 0 aliphatic carbocycles. The molecule has 0 saturated carbocycles. The second-order valence-corrected chi connectivity index (χ2v) is 7.05. The number of benzene rings is 2. The molecule has 3 rings (SSSR count). The third-order valence-electron chi connectivity index (χ3n) is 4.60. The van der Waals surface area contributed by atoms with Crippen LogP contribution in [-0.2, 0) is 0 Å². The number of nitrogens with two attached hydrogens (primary N) is 1. The first-order valence-corrected chi connectivity index (χ1v) is 8.97. The molecule has 2 aromatic carbocycles. The molecule has 2 N–H and O–H groups in total. The summed E-state index contributed by atoms with van der Waals surface area (Å²) in [7, 11) is 0. The van der Waals surface area contributed by atoms with E-state index in [1.807, 2.05) is 75.1 Å². The Bertz CT molecular complexity index is 939. The minimum atomic E-state index is 0.0338. The lowest BCUT2D eigenvalue weighted by molar-refractivity contribution is 0.0644. The Balaban J connectivity index is 2.21. The zero-order valence-electron chi connectivity index (χ0n) is 15.7. The summed E-state index contributed by atoms with van der Waals surface area (Å²) in [4.78, 5) is 19.7. The highest BCUT2D eigenvalue weighted by atomic mass is 16.2. The van der Waals surface area contributed by atoms with E-state index in [1.165, 1.54) is 0 Å². The summed E-state index contributed by atoms with van der Waals surface area (Å²) < 4.78 is 0. The van der Waals surface area contributed by atoms with Crippen molar-refractivity contribution in [2.45, 2.75) is 39.8 Å². The fourth-order valence-electron chi connectivity index (χ4n) is 3.52. The summed E-state index contributed by atoms with van der Waals surface area (Å²) in [5, 5.41) is 0.900. The van der Waals surface area contributed by atoms with Gasteiger partial charge in [0.05, 0.1) is 5.52 Å². The molecule has 3 aromatic rings. The van der Waals surface area contributed by atoms with E-state index in [0.29, 0.717) is 11.3 Å². The van der Waals surface area contributed by atoms with Crippen LogP contribution in [0.2, 0.25) is 0 Å². The highest BCUT2D eigenvalue weighted by molar-refractivity contribution is 6.06. The quantitative estimate of drug-likeness (QED) is 0.741. The first-order valence-electron chi connectivity index (χ1n) is 8.97. The van der Waals surface area contributed by atoms with E-state index in [9.17, 15) is 4.79 Å². The predicted molar refractivity (Wildman–Crippen MR) is 108 cm³/mol. The number of pyridine rings is 1. The topological polar surface area (TPSA) is 59.2 Å². The second kappa shape index (κ2) is 7.16. The van der Waals surface area contributed by atoms with Crippen LogP contribution in [0.15, 0.2) is 54.7 Å². The number of aromatic nitrogens is 1. The molecular formula is C22H25N3O. The largest absolute Gasteiger partial charge is 0.398 e. The fraction of sp³-hybridized carbons (Fsp3) is 0.273. The molecule has 1 aromatic heterocycles. The van der Waals surface area contributed by atoms with Gasteiger partial charge in [0.1, 0.15) is 0 Å². The van der Waals surface area contributed by atoms with Crippen molar-refractivity contribution >= 4 is 22.5 Å². The average Bonchev–Trinajstić information content (AvgIpc) is 2.61. The monoisotopic (exact) mass is 347 g/mol. The van der Waals surface area contributed by atoms with Crippen LogP contribution in [0.1, 0.15) is 38.1 Å². The van der Waals surface area contributed by atoms with Crippen molar-refractivity contribution < 1.29 is 4.79 Å². The highest BCUT2D eigenvalue weighted by Crippen LogP contribution is 2.32. The van der Waals surface area contributed by atoms with Gasteiger partial charge in [0.25, 0.3) is 5.91 Å². The number of anilines is 1.